The van der Waals surface area contributed by atoms with Gasteiger partial charge in [0, 0.05) is 32.6 Å². The molecule has 2 heterocycles. The summed E-state index contributed by atoms with van der Waals surface area (Å²) in [6.45, 7) is 0.275. The van der Waals surface area contributed by atoms with E-state index in [1.165, 1.54) is 0 Å². The highest BCUT2D eigenvalue weighted by Crippen LogP contribution is 2.18. The number of rotatable bonds is 6. The SMILES string of the molecule is Cn1nccc1-c1ccc(CCNC(=O)CN2C(=O)CCC2=O)cc1. The van der Waals surface area contributed by atoms with Crippen LogP contribution in [-0.2, 0) is 27.9 Å². The number of aryl methyl sites for hydroxylation is 1. The van der Waals surface area contributed by atoms with Crippen molar-refractivity contribution in [3.8, 4) is 11.3 Å². The Hall–Kier alpha value is -2.96. The first kappa shape index (κ1) is 16.9. The summed E-state index contributed by atoms with van der Waals surface area (Å²) in [6, 6.07) is 10.0. The van der Waals surface area contributed by atoms with Crippen LogP contribution in [0.1, 0.15) is 18.4 Å². The van der Waals surface area contributed by atoms with E-state index < -0.39 is 0 Å². The zero-order chi connectivity index (χ0) is 17.8. The van der Waals surface area contributed by atoms with Crippen molar-refractivity contribution in [2.45, 2.75) is 19.3 Å². The predicted molar refractivity (Wildman–Crippen MR) is 91.3 cm³/mol. The minimum atomic E-state index is -0.310. The highest BCUT2D eigenvalue weighted by Gasteiger charge is 2.30. The Kier molecular flexibility index (Phi) is 4.92. The lowest BCUT2D eigenvalue weighted by Gasteiger charge is -2.13. The number of aromatic nitrogens is 2. The number of nitrogens with zero attached hydrogens (tertiary/aromatic N) is 3. The Morgan fingerprint density at radius 1 is 1.12 bits per heavy atom. The molecule has 130 valence electrons. The Labute approximate surface area is 145 Å². The maximum Gasteiger partial charge on any atom is 0.240 e. The van der Waals surface area contributed by atoms with E-state index in [-0.39, 0.29) is 37.1 Å². The van der Waals surface area contributed by atoms with Gasteiger partial charge in [0.15, 0.2) is 0 Å². The van der Waals surface area contributed by atoms with Gasteiger partial charge in [0.1, 0.15) is 6.54 Å². The molecule has 1 aliphatic rings. The molecular weight excluding hydrogens is 320 g/mol. The van der Waals surface area contributed by atoms with E-state index in [0.29, 0.717) is 13.0 Å². The maximum absolute atomic E-state index is 11.9. The fourth-order valence-electron chi connectivity index (χ4n) is 2.84. The molecule has 0 aliphatic carbocycles. The van der Waals surface area contributed by atoms with Gasteiger partial charge in [0.2, 0.25) is 17.7 Å². The van der Waals surface area contributed by atoms with Crippen LogP contribution >= 0.6 is 0 Å². The number of likely N-dealkylation sites (tertiary alicyclic amines) is 1. The second kappa shape index (κ2) is 7.29. The number of carbonyl (C=O) groups is 3. The lowest BCUT2D eigenvalue weighted by Crippen LogP contribution is -2.40. The van der Waals surface area contributed by atoms with Gasteiger partial charge < -0.3 is 5.32 Å². The summed E-state index contributed by atoms with van der Waals surface area (Å²) in [5, 5.41) is 6.91. The highest BCUT2D eigenvalue weighted by molar-refractivity contribution is 6.04. The molecule has 7 nitrogen and oxygen atoms in total. The van der Waals surface area contributed by atoms with Crippen LogP contribution in [0.15, 0.2) is 36.5 Å². The molecule has 0 unspecified atom stereocenters. The van der Waals surface area contributed by atoms with E-state index in [0.717, 1.165) is 21.7 Å². The molecule has 1 fully saturated rings. The van der Waals surface area contributed by atoms with Crippen LogP contribution in [0.4, 0.5) is 0 Å². The Balaban J connectivity index is 1.47. The second-order valence-corrected chi connectivity index (χ2v) is 6.01. The van der Waals surface area contributed by atoms with Gasteiger partial charge in [-0.25, -0.2) is 0 Å². The van der Waals surface area contributed by atoms with E-state index in [1.54, 1.807) is 6.20 Å². The van der Waals surface area contributed by atoms with Crippen molar-refractivity contribution in [2.75, 3.05) is 13.1 Å². The van der Waals surface area contributed by atoms with E-state index in [1.807, 2.05) is 42.1 Å². The van der Waals surface area contributed by atoms with Gasteiger partial charge in [-0.05, 0) is 23.6 Å². The van der Waals surface area contributed by atoms with Gasteiger partial charge in [0.25, 0.3) is 0 Å². The van der Waals surface area contributed by atoms with Crippen LogP contribution in [0.3, 0.4) is 0 Å². The first-order chi connectivity index (χ1) is 12.0. The van der Waals surface area contributed by atoms with Gasteiger partial charge in [0.05, 0.1) is 5.69 Å². The number of benzene rings is 1. The van der Waals surface area contributed by atoms with Crippen molar-refractivity contribution in [3.05, 3.63) is 42.1 Å². The van der Waals surface area contributed by atoms with Crippen molar-refractivity contribution in [1.29, 1.82) is 0 Å². The van der Waals surface area contributed by atoms with E-state index >= 15 is 0 Å². The molecule has 0 atom stereocenters. The normalized spacial score (nSPS) is 14.2. The fraction of sp³-hybridized carbons (Fsp3) is 0.333. The van der Waals surface area contributed by atoms with Gasteiger partial charge in [-0.2, -0.15) is 5.10 Å². The van der Waals surface area contributed by atoms with Crippen LogP contribution in [-0.4, -0.2) is 45.5 Å². The largest absolute Gasteiger partial charge is 0.354 e. The molecule has 1 aromatic carbocycles. The average Bonchev–Trinajstić information content (AvgIpc) is 3.16. The third kappa shape index (κ3) is 3.93. The van der Waals surface area contributed by atoms with Crippen LogP contribution in [0.2, 0.25) is 0 Å². The summed E-state index contributed by atoms with van der Waals surface area (Å²) in [4.78, 5) is 35.9. The van der Waals surface area contributed by atoms with Crippen molar-refractivity contribution in [1.82, 2.24) is 20.0 Å². The van der Waals surface area contributed by atoms with Gasteiger partial charge in [-0.3, -0.25) is 24.0 Å². The maximum atomic E-state index is 11.9. The van der Waals surface area contributed by atoms with Crippen molar-refractivity contribution >= 4 is 17.7 Å². The highest BCUT2D eigenvalue weighted by atomic mass is 16.2. The third-order valence-electron chi connectivity index (χ3n) is 4.26. The summed E-state index contributed by atoms with van der Waals surface area (Å²) in [5.41, 5.74) is 3.22. The first-order valence-corrected chi connectivity index (χ1v) is 8.22. The number of nitrogens with one attached hydrogen (secondary N) is 1. The van der Waals surface area contributed by atoms with Gasteiger partial charge >= 0.3 is 0 Å². The molecule has 7 heteroatoms. The predicted octanol–water partition coefficient (Wildman–Crippen LogP) is 0.895. The minimum absolute atomic E-state index is 0.183. The lowest BCUT2D eigenvalue weighted by atomic mass is 10.1. The second-order valence-electron chi connectivity index (χ2n) is 6.01. The van der Waals surface area contributed by atoms with Crippen LogP contribution in [0.5, 0.6) is 0 Å². The average molecular weight is 340 g/mol. The summed E-state index contributed by atoms with van der Waals surface area (Å²) < 4.78 is 1.82. The lowest BCUT2D eigenvalue weighted by molar-refractivity contribution is -0.142. The molecule has 1 saturated heterocycles. The molecule has 3 amide bonds. The molecule has 1 aromatic heterocycles. The summed E-state index contributed by atoms with van der Waals surface area (Å²) in [5.74, 6) is -0.855. The van der Waals surface area contributed by atoms with Crippen molar-refractivity contribution < 1.29 is 14.4 Å². The first-order valence-electron chi connectivity index (χ1n) is 8.22. The monoisotopic (exact) mass is 340 g/mol. The molecule has 25 heavy (non-hydrogen) atoms. The molecule has 0 bridgehead atoms. The number of imide groups is 1. The van der Waals surface area contributed by atoms with Crippen molar-refractivity contribution in [3.63, 3.8) is 0 Å². The third-order valence-corrected chi connectivity index (χ3v) is 4.26. The standard InChI is InChI=1S/C18H20N4O3/c1-21-15(9-11-20-21)14-4-2-13(3-5-14)8-10-19-16(23)12-22-17(24)6-7-18(22)25/h2-5,9,11H,6-8,10,12H2,1H3,(H,19,23). The number of hydrogen-bond acceptors (Lipinski definition) is 4. The quantitative estimate of drug-likeness (QED) is 0.792. The number of carbonyl (C=O) groups excluding carboxylic acids is 3. The molecule has 0 spiro atoms. The van der Waals surface area contributed by atoms with E-state index in [2.05, 4.69) is 10.4 Å². The van der Waals surface area contributed by atoms with Crippen LogP contribution in [0.25, 0.3) is 11.3 Å². The van der Waals surface area contributed by atoms with E-state index in [9.17, 15) is 14.4 Å². The summed E-state index contributed by atoms with van der Waals surface area (Å²) in [6.07, 6.45) is 2.85. The Bertz CT molecular complexity index is 779. The van der Waals surface area contributed by atoms with Gasteiger partial charge in [-0.1, -0.05) is 24.3 Å². The molecule has 0 radical (unpaired) electrons. The van der Waals surface area contributed by atoms with Crippen LogP contribution < -0.4 is 5.32 Å². The fourth-order valence-corrected chi connectivity index (χ4v) is 2.84. The zero-order valence-corrected chi connectivity index (χ0v) is 14.1. The Morgan fingerprint density at radius 3 is 2.40 bits per heavy atom. The molecular formula is C18H20N4O3. The minimum Gasteiger partial charge on any atom is -0.354 e. The van der Waals surface area contributed by atoms with Gasteiger partial charge in [-0.15, -0.1) is 0 Å². The summed E-state index contributed by atoms with van der Waals surface area (Å²) in [7, 11) is 1.90. The molecule has 1 aliphatic heterocycles. The molecule has 1 N–H and O–H groups in total. The van der Waals surface area contributed by atoms with Crippen molar-refractivity contribution in [2.24, 2.45) is 7.05 Å². The topological polar surface area (TPSA) is 84.3 Å². The number of hydrogen-bond donors (Lipinski definition) is 1. The molecule has 0 saturated carbocycles. The number of amides is 3. The zero-order valence-electron chi connectivity index (χ0n) is 14.1. The molecule has 3 rings (SSSR count). The smallest absolute Gasteiger partial charge is 0.240 e. The Morgan fingerprint density at radius 2 is 1.80 bits per heavy atom. The molecule has 2 aromatic rings. The van der Waals surface area contributed by atoms with E-state index in [4.69, 9.17) is 0 Å². The summed E-state index contributed by atoms with van der Waals surface area (Å²) >= 11 is 0. The van der Waals surface area contributed by atoms with Crippen LogP contribution in [0, 0.1) is 0 Å².